The van der Waals surface area contributed by atoms with E-state index in [4.69, 9.17) is 39.5 Å². The summed E-state index contributed by atoms with van der Waals surface area (Å²) in [5.74, 6) is 0.151. The van der Waals surface area contributed by atoms with Crippen LogP contribution < -0.4 is 4.74 Å². The number of pyridine rings is 1. The van der Waals surface area contributed by atoms with E-state index in [1.54, 1.807) is 18.2 Å². The second-order valence-corrected chi connectivity index (χ2v) is 10.2. The first-order valence-corrected chi connectivity index (χ1v) is 12.2. The third kappa shape index (κ3) is 5.57. The Morgan fingerprint density at radius 2 is 1.88 bits per heavy atom. The van der Waals surface area contributed by atoms with Crippen molar-refractivity contribution in [2.75, 3.05) is 13.1 Å². The van der Waals surface area contributed by atoms with Gasteiger partial charge < -0.3 is 19.8 Å². The van der Waals surface area contributed by atoms with Crippen LogP contribution in [-0.4, -0.2) is 57.4 Å². The molecule has 6 unspecified atom stereocenters. The van der Waals surface area contributed by atoms with Crippen molar-refractivity contribution in [3.63, 3.8) is 0 Å². The molecule has 1 saturated heterocycles. The van der Waals surface area contributed by atoms with Crippen LogP contribution in [-0.2, 0) is 4.79 Å². The number of halogens is 3. The normalized spacial score (nSPS) is 28.5. The number of carbonyl (C=O) groups excluding carboxylic acids is 1. The van der Waals surface area contributed by atoms with Gasteiger partial charge in [-0.05, 0) is 49.9 Å². The molecule has 1 aromatic carbocycles. The lowest BCUT2D eigenvalue weighted by atomic mass is 9.84. The van der Waals surface area contributed by atoms with Crippen LogP contribution in [0, 0.1) is 11.8 Å². The van der Waals surface area contributed by atoms with Gasteiger partial charge in [0.1, 0.15) is 6.10 Å². The van der Waals surface area contributed by atoms with Crippen molar-refractivity contribution in [3.05, 3.63) is 57.2 Å². The Balaban J connectivity index is 1.55. The number of amides is 1. The molecule has 2 aromatic rings. The van der Waals surface area contributed by atoms with E-state index in [9.17, 15) is 15.0 Å². The zero-order valence-corrected chi connectivity index (χ0v) is 20.5. The molecule has 33 heavy (non-hydrogen) atoms. The van der Waals surface area contributed by atoms with Crippen LogP contribution in [0.3, 0.4) is 0 Å². The number of ether oxygens (including phenoxy) is 1. The van der Waals surface area contributed by atoms with Crippen molar-refractivity contribution in [2.24, 2.45) is 11.8 Å². The van der Waals surface area contributed by atoms with Crippen LogP contribution >= 0.6 is 34.8 Å². The van der Waals surface area contributed by atoms with Crippen molar-refractivity contribution in [3.8, 4) is 5.88 Å². The summed E-state index contributed by atoms with van der Waals surface area (Å²) in [5, 5.41) is 21.4. The SMILES string of the molecule is CC(Oc1ccc(Cl)cn1)C1CN(C(=O)C2CCC(O)C(O)C2)CC1c1ccc(Cl)c(Cl)c1. The molecule has 1 saturated carbocycles. The number of rotatable bonds is 5. The first-order chi connectivity index (χ1) is 15.7. The van der Waals surface area contributed by atoms with E-state index in [0.29, 0.717) is 46.9 Å². The highest BCUT2D eigenvalue weighted by atomic mass is 35.5. The first kappa shape index (κ1) is 24.6. The van der Waals surface area contributed by atoms with Gasteiger partial charge in [-0.25, -0.2) is 4.98 Å². The molecule has 1 aliphatic carbocycles. The third-order valence-corrected chi connectivity index (χ3v) is 7.75. The number of aliphatic hydroxyl groups excluding tert-OH is 2. The number of aliphatic hydroxyl groups is 2. The maximum atomic E-state index is 13.3. The highest BCUT2D eigenvalue weighted by Gasteiger charge is 2.43. The van der Waals surface area contributed by atoms with E-state index < -0.39 is 12.2 Å². The topological polar surface area (TPSA) is 82.9 Å². The number of aromatic nitrogens is 1. The van der Waals surface area contributed by atoms with Gasteiger partial charge in [0.25, 0.3) is 0 Å². The number of benzene rings is 1. The Hall–Kier alpha value is -1.57. The highest BCUT2D eigenvalue weighted by molar-refractivity contribution is 6.42. The van der Waals surface area contributed by atoms with Crippen molar-refractivity contribution < 1.29 is 19.7 Å². The minimum atomic E-state index is -0.866. The number of carbonyl (C=O) groups is 1. The van der Waals surface area contributed by atoms with E-state index in [1.807, 2.05) is 24.0 Å². The fourth-order valence-electron chi connectivity index (χ4n) is 4.90. The molecule has 2 fully saturated rings. The fraction of sp³-hybridized carbons (Fsp3) is 0.500. The molecule has 2 aliphatic rings. The summed E-state index contributed by atoms with van der Waals surface area (Å²) in [6.45, 7) is 2.99. The Labute approximate surface area is 208 Å². The molecule has 4 rings (SSSR count). The van der Waals surface area contributed by atoms with Gasteiger partial charge in [0.15, 0.2) is 0 Å². The van der Waals surface area contributed by atoms with E-state index in [0.717, 1.165) is 5.56 Å². The first-order valence-electron chi connectivity index (χ1n) is 11.1. The molecule has 2 N–H and O–H groups in total. The molecule has 1 aliphatic heterocycles. The molecule has 1 aromatic heterocycles. The van der Waals surface area contributed by atoms with Gasteiger partial charge in [-0.1, -0.05) is 40.9 Å². The van der Waals surface area contributed by atoms with E-state index in [2.05, 4.69) is 4.98 Å². The van der Waals surface area contributed by atoms with Crippen LogP contribution in [0.15, 0.2) is 36.5 Å². The lowest BCUT2D eigenvalue weighted by Crippen LogP contribution is -2.42. The fourth-order valence-corrected chi connectivity index (χ4v) is 5.32. The predicted molar refractivity (Wildman–Crippen MR) is 128 cm³/mol. The third-order valence-electron chi connectivity index (χ3n) is 6.79. The largest absolute Gasteiger partial charge is 0.474 e. The van der Waals surface area contributed by atoms with Gasteiger partial charge in [0.2, 0.25) is 11.8 Å². The zero-order chi connectivity index (χ0) is 23.7. The smallest absolute Gasteiger partial charge is 0.225 e. The Morgan fingerprint density at radius 1 is 1.09 bits per heavy atom. The number of hydrogen-bond donors (Lipinski definition) is 2. The number of nitrogens with zero attached hydrogens (tertiary/aromatic N) is 2. The van der Waals surface area contributed by atoms with Gasteiger partial charge in [-0.3, -0.25) is 4.79 Å². The number of hydrogen-bond acceptors (Lipinski definition) is 5. The standard InChI is InChI=1S/C24H27Cl3N2O4/c1-13(33-23-7-4-16(25)10-28-23)17-11-29(24(32)15-3-6-21(30)22(31)9-15)12-18(17)14-2-5-19(26)20(27)8-14/h2,4-5,7-8,10,13,15,17-18,21-22,30-31H,3,6,9,11-12H2,1H3. The van der Waals surface area contributed by atoms with Crippen LogP contribution in [0.2, 0.25) is 15.1 Å². The molecular weight excluding hydrogens is 487 g/mol. The van der Waals surface area contributed by atoms with E-state index in [-0.39, 0.29) is 36.2 Å². The van der Waals surface area contributed by atoms with Gasteiger partial charge in [0.05, 0.1) is 27.3 Å². The Bertz CT molecular complexity index is 990. The van der Waals surface area contributed by atoms with E-state index in [1.165, 1.54) is 6.20 Å². The van der Waals surface area contributed by atoms with Crippen LogP contribution in [0.5, 0.6) is 5.88 Å². The second-order valence-electron chi connectivity index (χ2n) is 8.97. The highest BCUT2D eigenvalue weighted by Crippen LogP contribution is 2.39. The maximum absolute atomic E-state index is 13.3. The van der Waals surface area contributed by atoms with Crippen molar-refractivity contribution >= 4 is 40.7 Å². The lowest BCUT2D eigenvalue weighted by Gasteiger charge is -2.32. The molecule has 1 amide bonds. The molecule has 2 heterocycles. The minimum Gasteiger partial charge on any atom is -0.474 e. The lowest BCUT2D eigenvalue weighted by molar-refractivity contribution is -0.139. The average molecular weight is 514 g/mol. The monoisotopic (exact) mass is 512 g/mol. The minimum absolute atomic E-state index is 0.00493. The molecule has 6 atom stereocenters. The second kappa shape index (κ2) is 10.4. The summed E-state index contributed by atoms with van der Waals surface area (Å²) in [5.41, 5.74) is 0.989. The van der Waals surface area contributed by atoms with Gasteiger partial charge >= 0.3 is 0 Å². The summed E-state index contributed by atoms with van der Waals surface area (Å²) in [7, 11) is 0. The molecular formula is C24H27Cl3N2O4. The maximum Gasteiger partial charge on any atom is 0.225 e. The molecule has 178 valence electrons. The van der Waals surface area contributed by atoms with Crippen LogP contribution in [0.4, 0.5) is 0 Å². The Kier molecular flexibility index (Phi) is 7.71. The van der Waals surface area contributed by atoms with Crippen molar-refractivity contribution in [1.82, 2.24) is 9.88 Å². The Morgan fingerprint density at radius 3 is 2.55 bits per heavy atom. The molecule has 0 radical (unpaired) electrons. The average Bonchev–Trinajstić information content (AvgIpc) is 3.24. The van der Waals surface area contributed by atoms with Crippen LogP contribution in [0.1, 0.15) is 37.7 Å². The summed E-state index contributed by atoms with van der Waals surface area (Å²) in [6, 6.07) is 9.00. The summed E-state index contributed by atoms with van der Waals surface area (Å²) < 4.78 is 6.12. The summed E-state index contributed by atoms with van der Waals surface area (Å²) in [6.07, 6.45) is 0.935. The van der Waals surface area contributed by atoms with Gasteiger partial charge in [-0.2, -0.15) is 0 Å². The van der Waals surface area contributed by atoms with Crippen molar-refractivity contribution in [1.29, 1.82) is 0 Å². The zero-order valence-electron chi connectivity index (χ0n) is 18.2. The van der Waals surface area contributed by atoms with Gasteiger partial charge in [0, 0.05) is 43.1 Å². The summed E-state index contributed by atoms with van der Waals surface area (Å²) >= 11 is 18.4. The van der Waals surface area contributed by atoms with Crippen molar-refractivity contribution in [2.45, 2.75) is 50.4 Å². The summed E-state index contributed by atoms with van der Waals surface area (Å²) in [4.78, 5) is 19.4. The number of likely N-dealkylation sites (tertiary alicyclic amines) is 1. The van der Waals surface area contributed by atoms with Gasteiger partial charge in [-0.15, -0.1) is 0 Å². The quantitative estimate of drug-likeness (QED) is 0.612. The molecule has 0 spiro atoms. The van der Waals surface area contributed by atoms with E-state index >= 15 is 0 Å². The predicted octanol–water partition coefficient (Wildman–Crippen LogP) is 4.57. The molecule has 9 heteroatoms. The van der Waals surface area contributed by atoms with Crippen LogP contribution in [0.25, 0.3) is 0 Å². The molecule has 0 bridgehead atoms. The molecule has 6 nitrogen and oxygen atoms in total.